The highest BCUT2D eigenvalue weighted by molar-refractivity contribution is 5.89. The Morgan fingerprint density at radius 1 is 1.38 bits per heavy atom. The maximum Gasteiger partial charge on any atom is 0.573 e. The van der Waals surface area contributed by atoms with Gasteiger partial charge in [0.1, 0.15) is 5.69 Å². The molecule has 0 spiro atoms. The van der Waals surface area contributed by atoms with Gasteiger partial charge < -0.3 is 15.6 Å². The predicted octanol–water partition coefficient (Wildman–Crippen LogP) is 2.00. The molecular formula is C8H5F4NO3. The lowest BCUT2D eigenvalue weighted by Gasteiger charge is -2.12. The van der Waals surface area contributed by atoms with Gasteiger partial charge in [-0.1, -0.05) is 0 Å². The number of anilines is 1. The first-order valence-electron chi connectivity index (χ1n) is 3.79. The van der Waals surface area contributed by atoms with Crippen molar-refractivity contribution in [2.24, 2.45) is 0 Å². The molecule has 0 atom stereocenters. The third kappa shape index (κ3) is 2.53. The number of carboxylic acid groups (broad SMARTS) is 1. The Balaban J connectivity index is 3.17. The molecule has 8 heteroatoms. The molecule has 0 aliphatic carbocycles. The fraction of sp³-hybridized carbons (Fsp3) is 0.125. The summed E-state index contributed by atoms with van der Waals surface area (Å²) in [6.07, 6.45) is -5.02. The molecule has 16 heavy (non-hydrogen) atoms. The second-order valence-electron chi connectivity index (χ2n) is 2.69. The number of rotatable bonds is 2. The van der Waals surface area contributed by atoms with E-state index in [-0.39, 0.29) is 0 Å². The molecule has 3 N–H and O–H groups in total. The Labute approximate surface area is 86.2 Å². The number of nitrogens with two attached hydrogens (primary N) is 1. The molecule has 88 valence electrons. The number of carboxylic acids is 1. The molecule has 0 saturated carbocycles. The lowest BCUT2D eigenvalue weighted by atomic mass is 10.2. The number of hydrogen-bond acceptors (Lipinski definition) is 3. The number of halogens is 4. The summed E-state index contributed by atoms with van der Waals surface area (Å²) in [6.45, 7) is 0. The molecule has 4 nitrogen and oxygen atoms in total. The van der Waals surface area contributed by atoms with Gasteiger partial charge in [0.05, 0.1) is 5.56 Å². The van der Waals surface area contributed by atoms with Crippen LogP contribution in [0.15, 0.2) is 12.1 Å². The van der Waals surface area contributed by atoms with Gasteiger partial charge in [0.25, 0.3) is 0 Å². The third-order valence-electron chi connectivity index (χ3n) is 1.60. The normalized spacial score (nSPS) is 11.2. The van der Waals surface area contributed by atoms with Crippen LogP contribution < -0.4 is 10.5 Å². The minimum atomic E-state index is -5.02. The summed E-state index contributed by atoms with van der Waals surface area (Å²) in [5, 5.41) is 8.45. The van der Waals surface area contributed by atoms with Crippen LogP contribution in [0, 0.1) is 5.82 Å². The highest BCUT2D eigenvalue weighted by Crippen LogP contribution is 2.31. The van der Waals surface area contributed by atoms with Crippen molar-refractivity contribution in [1.29, 1.82) is 0 Å². The highest BCUT2D eigenvalue weighted by Gasteiger charge is 2.33. The van der Waals surface area contributed by atoms with Gasteiger partial charge in [-0.2, -0.15) is 0 Å². The fourth-order valence-electron chi connectivity index (χ4n) is 0.954. The smallest absolute Gasteiger partial charge is 0.478 e. The van der Waals surface area contributed by atoms with E-state index in [2.05, 4.69) is 4.74 Å². The van der Waals surface area contributed by atoms with Crippen molar-refractivity contribution in [2.75, 3.05) is 5.73 Å². The van der Waals surface area contributed by atoms with Crippen LogP contribution in [0.3, 0.4) is 0 Å². The minimum Gasteiger partial charge on any atom is -0.478 e. The lowest BCUT2D eigenvalue weighted by molar-refractivity contribution is -0.274. The summed E-state index contributed by atoms with van der Waals surface area (Å²) < 4.78 is 51.9. The summed E-state index contributed by atoms with van der Waals surface area (Å²) in [4.78, 5) is 10.4. The molecule has 0 aliphatic rings. The van der Waals surface area contributed by atoms with Crippen LogP contribution in [0.5, 0.6) is 5.75 Å². The van der Waals surface area contributed by atoms with Gasteiger partial charge in [-0.05, 0) is 12.1 Å². The number of hydrogen-bond donors (Lipinski definition) is 2. The topological polar surface area (TPSA) is 72.5 Å². The molecule has 0 bridgehead atoms. The summed E-state index contributed by atoms with van der Waals surface area (Å²) in [7, 11) is 0. The molecule has 1 rings (SSSR count). The molecule has 1 aromatic rings. The Bertz CT molecular complexity index is 430. The van der Waals surface area contributed by atoms with Crippen molar-refractivity contribution in [3.05, 3.63) is 23.5 Å². The minimum absolute atomic E-state index is 0.634. The maximum absolute atomic E-state index is 13.1. The summed E-state index contributed by atoms with van der Waals surface area (Å²) in [5.41, 5.74) is 3.14. The van der Waals surface area contributed by atoms with Crippen molar-refractivity contribution in [3.63, 3.8) is 0 Å². The van der Waals surface area contributed by atoms with Crippen LogP contribution >= 0.6 is 0 Å². The molecule has 0 aromatic heterocycles. The summed E-state index contributed by atoms with van der Waals surface area (Å²) >= 11 is 0. The van der Waals surface area contributed by atoms with Crippen LogP contribution in [0.4, 0.5) is 23.2 Å². The van der Waals surface area contributed by atoms with Gasteiger partial charge >= 0.3 is 12.3 Å². The van der Waals surface area contributed by atoms with Crippen LogP contribution in [0.2, 0.25) is 0 Å². The molecule has 0 unspecified atom stereocenters. The van der Waals surface area contributed by atoms with E-state index in [9.17, 15) is 22.4 Å². The zero-order chi connectivity index (χ0) is 12.5. The second kappa shape index (κ2) is 3.87. The molecule has 0 fully saturated rings. The van der Waals surface area contributed by atoms with Gasteiger partial charge in [-0.15, -0.1) is 13.2 Å². The average molecular weight is 239 g/mol. The zero-order valence-electron chi connectivity index (χ0n) is 7.51. The van der Waals surface area contributed by atoms with E-state index in [1.165, 1.54) is 0 Å². The van der Waals surface area contributed by atoms with Gasteiger partial charge in [0, 0.05) is 0 Å². The monoisotopic (exact) mass is 239 g/mol. The quantitative estimate of drug-likeness (QED) is 0.611. The Kier molecular flexibility index (Phi) is 2.92. The van der Waals surface area contributed by atoms with E-state index in [1.54, 1.807) is 0 Å². The molecule has 0 saturated heterocycles. The fourth-order valence-corrected chi connectivity index (χ4v) is 0.954. The first-order chi connectivity index (χ1) is 7.22. The molecule has 0 radical (unpaired) electrons. The van der Waals surface area contributed by atoms with Gasteiger partial charge in [-0.25, -0.2) is 9.18 Å². The van der Waals surface area contributed by atoms with E-state index in [0.29, 0.717) is 12.1 Å². The SMILES string of the molecule is Nc1c(OC(F)(F)F)ccc(C(=O)O)c1F. The molecule has 1 aromatic carbocycles. The summed E-state index contributed by atoms with van der Waals surface area (Å²) in [5.74, 6) is -4.08. The van der Waals surface area contributed by atoms with E-state index < -0.39 is 35.1 Å². The van der Waals surface area contributed by atoms with Crippen LogP contribution in [0.25, 0.3) is 0 Å². The number of alkyl halides is 3. The molecule has 0 amide bonds. The molecular weight excluding hydrogens is 234 g/mol. The van der Waals surface area contributed by atoms with Crippen molar-refractivity contribution < 1.29 is 32.2 Å². The van der Waals surface area contributed by atoms with E-state index in [0.717, 1.165) is 0 Å². The number of carbonyl (C=O) groups is 1. The zero-order valence-corrected chi connectivity index (χ0v) is 7.51. The molecule has 0 heterocycles. The number of ether oxygens (including phenoxy) is 1. The number of nitrogen functional groups attached to an aromatic ring is 1. The Morgan fingerprint density at radius 2 is 1.94 bits per heavy atom. The van der Waals surface area contributed by atoms with Crippen molar-refractivity contribution >= 4 is 11.7 Å². The van der Waals surface area contributed by atoms with Crippen LogP contribution in [0.1, 0.15) is 10.4 Å². The molecule has 0 aliphatic heterocycles. The number of aromatic carboxylic acids is 1. The Morgan fingerprint density at radius 3 is 2.38 bits per heavy atom. The van der Waals surface area contributed by atoms with Crippen molar-refractivity contribution in [3.8, 4) is 5.75 Å². The highest BCUT2D eigenvalue weighted by atomic mass is 19.4. The maximum atomic E-state index is 13.1. The Hall–Kier alpha value is -1.99. The van der Waals surface area contributed by atoms with Crippen LogP contribution in [-0.2, 0) is 0 Å². The summed E-state index contributed by atoms with van der Waals surface area (Å²) in [6, 6.07) is 1.27. The average Bonchev–Trinajstić information content (AvgIpc) is 2.10. The first-order valence-corrected chi connectivity index (χ1v) is 3.79. The second-order valence-corrected chi connectivity index (χ2v) is 2.69. The van der Waals surface area contributed by atoms with Gasteiger partial charge in [-0.3, -0.25) is 0 Å². The predicted molar refractivity (Wildman–Crippen MR) is 44.5 cm³/mol. The van der Waals surface area contributed by atoms with Gasteiger partial charge in [0.15, 0.2) is 11.6 Å². The van der Waals surface area contributed by atoms with E-state index in [4.69, 9.17) is 10.8 Å². The third-order valence-corrected chi connectivity index (χ3v) is 1.60. The van der Waals surface area contributed by atoms with Crippen molar-refractivity contribution in [2.45, 2.75) is 6.36 Å². The van der Waals surface area contributed by atoms with Crippen molar-refractivity contribution in [1.82, 2.24) is 0 Å². The van der Waals surface area contributed by atoms with E-state index in [1.807, 2.05) is 0 Å². The van der Waals surface area contributed by atoms with Gasteiger partial charge in [0.2, 0.25) is 0 Å². The standard InChI is InChI=1S/C8H5F4NO3/c9-5-3(7(14)15)1-2-4(6(5)13)16-8(10,11)12/h1-2H,13H2,(H,14,15). The van der Waals surface area contributed by atoms with Crippen LogP contribution in [-0.4, -0.2) is 17.4 Å². The first kappa shape index (κ1) is 12.1. The van der Waals surface area contributed by atoms with E-state index >= 15 is 0 Å². The lowest BCUT2D eigenvalue weighted by Crippen LogP contribution is -2.19. The largest absolute Gasteiger partial charge is 0.573 e. The number of benzene rings is 1.